The van der Waals surface area contributed by atoms with Crippen LogP contribution in [0.3, 0.4) is 0 Å². The summed E-state index contributed by atoms with van der Waals surface area (Å²) in [6.45, 7) is 0. The molecule has 8 heteroatoms. The standard InChI is InChI=1S/C11H9ClN4O3/c1-19-8-4-2-3-7(5-8)14-10-9(16(17)18)6-13-11(12)15-10/h2-6H,1H3,(H,13,14,15). The number of rotatable bonds is 4. The molecule has 0 aliphatic carbocycles. The normalized spacial score (nSPS) is 10.0. The molecule has 0 aliphatic rings. The number of nitro groups is 1. The first kappa shape index (κ1) is 13.0. The Balaban J connectivity index is 2.36. The lowest BCUT2D eigenvalue weighted by molar-refractivity contribution is -0.384. The number of hydrogen-bond donors (Lipinski definition) is 1. The van der Waals surface area contributed by atoms with Gasteiger partial charge in [-0.05, 0) is 23.7 Å². The van der Waals surface area contributed by atoms with Gasteiger partial charge in [-0.3, -0.25) is 10.1 Å². The van der Waals surface area contributed by atoms with Crippen molar-refractivity contribution in [2.75, 3.05) is 12.4 Å². The maximum atomic E-state index is 10.9. The molecule has 0 aliphatic heterocycles. The van der Waals surface area contributed by atoms with Crippen molar-refractivity contribution < 1.29 is 9.66 Å². The Morgan fingerprint density at radius 1 is 1.47 bits per heavy atom. The minimum absolute atomic E-state index is 0.0262. The Morgan fingerprint density at radius 3 is 2.95 bits per heavy atom. The van der Waals surface area contributed by atoms with Gasteiger partial charge >= 0.3 is 5.69 Å². The third kappa shape index (κ3) is 3.08. The predicted molar refractivity (Wildman–Crippen MR) is 70.0 cm³/mol. The van der Waals surface area contributed by atoms with E-state index in [2.05, 4.69) is 15.3 Å². The van der Waals surface area contributed by atoms with Crippen LogP contribution in [-0.4, -0.2) is 22.0 Å². The molecule has 2 aromatic rings. The van der Waals surface area contributed by atoms with Crippen LogP contribution < -0.4 is 10.1 Å². The number of anilines is 2. The summed E-state index contributed by atoms with van der Waals surface area (Å²) in [6.07, 6.45) is 1.05. The Kier molecular flexibility index (Phi) is 3.76. The summed E-state index contributed by atoms with van der Waals surface area (Å²) in [5.74, 6) is 0.644. The van der Waals surface area contributed by atoms with E-state index in [-0.39, 0.29) is 16.8 Å². The predicted octanol–water partition coefficient (Wildman–Crippen LogP) is 2.79. The van der Waals surface area contributed by atoms with Crippen LogP contribution >= 0.6 is 11.6 Å². The largest absolute Gasteiger partial charge is 0.497 e. The summed E-state index contributed by atoms with van der Waals surface area (Å²) in [5.41, 5.74) is 0.337. The van der Waals surface area contributed by atoms with E-state index in [1.807, 2.05) is 0 Å². The Hall–Kier alpha value is -2.41. The van der Waals surface area contributed by atoms with E-state index in [9.17, 15) is 10.1 Å². The third-order valence-electron chi connectivity index (χ3n) is 2.27. The average Bonchev–Trinajstić information content (AvgIpc) is 2.38. The molecule has 0 spiro atoms. The van der Waals surface area contributed by atoms with Crippen LogP contribution in [0, 0.1) is 10.1 Å². The maximum Gasteiger partial charge on any atom is 0.329 e. The van der Waals surface area contributed by atoms with E-state index in [1.54, 1.807) is 24.3 Å². The van der Waals surface area contributed by atoms with Crippen molar-refractivity contribution in [1.29, 1.82) is 0 Å². The highest BCUT2D eigenvalue weighted by molar-refractivity contribution is 6.28. The number of halogens is 1. The molecular weight excluding hydrogens is 272 g/mol. The van der Waals surface area contributed by atoms with Gasteiger partial charge in [-0.15, -0.1) is 0 Å². The maximum absolute atomic E-state index is 10.9. The number of methoxy groups -OCH3 is 1. The van der Waals surface area contributed by atoms with Crippen molar-refractivity contribution in [3.05, 3.63) is 45.9 Å². The summed E-state index contributed by atoms with van der Waals surface area (Å²) in [5, 5.41) is 13.6. The van der Waals surface area contributed by atoms with Crippen molar-refractivity contribution in [2.24, 2.45) is 0 Å². The van der Waals surface area contributed by atoms with Crippen LogP contribution in [0.4, 0.5) is 17.2 Å². The second-order valence-corrected chi connectivity index (χ2v) is 3.83. The van der Waals surface area contributed by atoms with Gasteiger partial charge in [0.05, 0.1) is 12.0 Å². The quantitative estimate of drug-likeness (QED) is 0.526. The molecule has 0 unspecified atom stereocenters. The lowest BCUT2D eigenvalue weighted by atomic mass is 10.3. The van der Waals surface area contributed by atoms with E-state index in [0.717, 1.165) is 6.20 Å². The van der Waals surface area contributed by atoms with Crippen LogP contribution in [0.5, 0.6) is 5.75 Å². The van der Waals surface area contributed by atoms with Crippen molar-refractivity contribution >= 4 is 28.8 Å². The SMILES string of the molecule is COc1cccc(Nc2nc(Cl)ncc2[N+](=O)[O-])c1. The van der Waals surface area contributed by atoms with Gasteiger partial charge in [-0.1, -0.05) is 6.07 Å². The van der Waals surface area contributed by atoms with Gasteiger partial charge in [0, 0.05) is 11.8 Å². The minimum atomic E-state index is -0.584. The molecule has 1 heterocycles. The zero-order chi connectivity index (χ0) is 13.8. The van der Waals surface area contributed by atoms with Gasteiger partial charge in [-0.25, -0.2) is 4.98 Å². The third-order valence-corrected chi connectivity index (χ3v) is 2.45. The highest BCUT2D eigenvalue weighted by Crippen LogP contribution is 2.27. The molecule has 0 bridgehead atoms. The molecule has 0 radical (unpaired) electrons. The van der Waals surface area contributed by atoms with Gasteiger partial charge in [-0.2, -0.15) is 4.98 Å². The summed E-state index contributed by atoms with van der Waals surface area (Å²) in [6, 6.07) is 6.91. The first-order valence-electron chi connectivity index (χ1n) is 5.18. The Morgan fingerprint density at radius 2 is 2.26 bits per heavy atom. The number of benzene rings is 1. The first-order chi connectivity index (χ1) is 9.10. The number of ether oxygens (including phenoxy) is 1. The highest BCUT2D eigenvalue weighted by atomic mass is 35.5. The number of aromatic nitrogens is 2. The Bertz CT molecular complexity index is 621. The van der Waals surface area contributed by atoms with Gasteiger partial charge in [0.1, 0.15) is 11.9 Å². The highest BCUT2D eigenvalue weighted by Gasteiger charge is 2.17. The summed E-state index contributed by atoms with van der Waals surface area (Å²) in [4.78, 5) is 17.7. The fourth-order valence-corrected chi connectivity index (χ4v) is 1.55. The lowest BCUT2D eigenvalue weighted by Crippen LogP contribution is -2.01. The molecule has 19 heavy (non-hydrogen) atoms. The summed E-state index contributed by atoms with van der Waals surface area (Å²) < 4.78 is 5.06. The van der Waals surface area contributed by atoms with Crippen molar-refractivity contribution in [3.8, 4) is 5.75 Å². The molecule has 1 aromatic heterocycles. The molecule has 1 N–H and O–H groups in total. The topological polar surface area (TPSA) is 90.2 Å². The minimum Gasteiger partial charge on any atom is -0.497 e. The van der Waals surface area contributed by atoms with Crippen LogP contribution in [-0.2, 0) is 0 Å². The molecule has 0 saturated heterocycles. The fraction of sp³-hybridized carbons (Fsp3) is 0.0909. The summed E-state index contributed by atoms with van der Waals surface area (Å²) >= 11 is 5.64. The van der Waals surface area contributed by atoms with Crippen molar-refractivity contribution in [2.45, 2.75) is 0 Å². The van der Waals surface area contributed by atoms with Crippen molar-refractivity contribution in [1.82, 2.24) is 9.97 Å². The van der Waals surface area contributed by atoms with E-state index in [0.29, 0.717) is 11.4 Å². The van der Waals surface area contributed by atoms with Crippen LogP contribution in [0.25, 0.3) is 0 Å². The molecule has 98 valence electrons. The van der Waals surface area contributed by atoms with Crippen LogP contribution in [0.2, 0.25) is 5.28 Å². The number of nitrogens with one attached hydrogen (secondary N) is 1. The van der Waals surface area contributed by atoms with E-state index in [4.69, 9.17) is 16.3 Å². The zero-order valence-corrected chi connectivity index (χ0v) is 10.6. The second-order valence-electron chi connectivity index (χ2n) is 3.49. The molecular formula is C11H9ClN4O3. The zero-order valence-electron chi connectivity index (χ0n) is 9.83. The van der Waals surface area contributed by atoms with Gasteiger partial charge < -0.3 is 10.1 Å². The fourth-order valence-electron chi connectivity index (χ4n) is 1.42. The molecule has 7 nitrogen and oxygen atoms in total. The molecule has 0 atom stereocenters. The van der Waals surface area contributed by atoms with E-state index in [1.165, 1.54) is 7.11 Å². The molecule has 0 saturated carbocycles. The van der Waals surface area contributed by atoms with Crippen LogP contribution in [0.1, 0.15) is 0 Å². The van der Waals surface area contributed by atoms with Crippen molar-refractivity contribution in [3.63, 3.8) is 0 Å². The first-order valence-corrected chi connectivity index (χ1v) is 5.56. The summed E-state index contributed by atoms with van der Waals surface area (Å²) in [7, 11) is 1.53. The van der Waals surface area contributed by atoms with E-state index >= 15 is 0 Å². The van der Waals surface area contributed by atoms with Crippen LogP contribution in [0.15, 0.2) is 30.5 Å². The number of hydrogen-bond acceptors (Lipinski definition) is 6. The smallest absolute Gasteiger partial charge is 0.329 e. The molecule has 0 fully saturated rings. The molecule has 1 aromatic carbocycles. The van der Waals surface area contributed by atoms with E-state index < -0.39 is 4.92 Å². The monoisotopic (exact) mass is 280 g/mol. The molecule has 2 rings (SSSR count). The van der Waals surface area contributed by atoms with Gasteiger partial charge in [0.25, 0.3) is 0 Å². The van der Waals surface area contributed by atoms with Gasteiger partial charge in [0.2, 0.25) is 11.1 Å². The number of nitrogens with zero attached hydrogens (tertiary/aromatic N) is 3. The molecule has 0 amide bonds. The average molecular weight is 281 g/mol. The Labute approximate surface area is 113 Å². The lowest BCUT2D eigenvalue weighted by Gasteiger charge is -2.07. The van der Waals surface area contributed by atoms with Gasteiger partial charge in [0.15, 0.2) is 0 Å². The second kappa shape index (κ2) is 5.49.